The maximum atomic E-state index is 10.3. The van der Waals surface area contributed by atoms with Crippen molar-refractivity contribution < 1.29 is 23.7 Å². The Morgan fingerprint density at radius 1 is 0.506 bits per heavy atom. The first-order chi connectivity index (χ1) is 41.3. The van der Waals surface area contributed by atoms with E-state index < -0.39 is 11.2 Å². The van der Waals surface area contributed by atoms with Gasteiger partial charge in [0.25, 0.3) is 0 Å². The van der Waals surface area contributed by atoms with E-state index in [1.807, 2.05) is 135 Å². The zero-order valence-electron chi connectivity index (χ0n) is 50.7. The Hall–Kier alpha value is -10.1. The number of rotatable bonds is 25. The molecule has 2 aliphatic heterocycles. The topological polar surface area (TPSA) is 203 Å². The van der Waals surface area contributed by atoms with Crippen molar-refractivity contribution in [2.45, 2.75) is 111 Å². The highest BCUT2D eigenvalue weighted by Crippen LogP contribution is 2.48. The summed E-state index contributed by atoms with van der Waals surface area (Å²) in [5, 5.41) is 56.1. The molecule has 0 bridgehead atoms. The molecular weight excluding hydrogens is 1060 g/mol. The average molecular weight is 1140 g/mol. The van der Waals surface area contributed by atoms with E-state index in [2.05, 4.69) is 80.0 Å². The van der Waals surface area contributed by atoms with Crippen LogP contribution < -0.4 is 19.3 Å². The van der Waals surface area contributed by atoms with Crippen molar-refractivity contribution in [1.82, 2.24) is 0 Å². The third-order valence-corrected chi connectivity index (χ3v) is 14.5. The molecule has 436 valence electrons. The van der Waals surface area contributed by atoms with E-state index in [1.165, 1.54) is 43.1 Å². The predicted molar refractivity (Wildman–Crippen MR) is 339 cm³/mol. The SMILES string of the molecule is CC1=C(C#N)C(=C(C#N)C#N)OC1(C)c1ccccc1.CCCCN(CCCC)c1ccc(/C=C/C=C/C=C/C2=C(C#N)C(=C(C#N)C#N)OC2(C)c2ccccc2)c(OC)c1.CCCCN(CCCC)c1ccc(/C=C/C=C/C=O)c(OC)c1. The second-order valence-electron chi connectivity index (χ2n) is 20.1. The largest absolute Gasteiger partial charge is 0.496 e. The first kappa shape index (κ1) is 67.5. The van der Waals surface area contributed by atoms with Crippen molar-refractivity contribution >= 4 is 29.8 Å². The quantitative estimate of drug-likeness (QED) is 0.0263. The zero-order valence-corrected chi connectivity index (χ0v) is 50.7. The molecule has 0 saturated carbocycles. The second kappa shape index (κ2) is 35.7. The number of carbonyl (C=O) groups is 1. The molecule has 0 amide bonds. The lowest BCUT2D eigenvalue weighted by atomic mass is 9.86. The number of nitriles is 6. The normalized spacial score (nSPS) is 16.0. The van der Waals surface area contributed by atoms with Crippen LogP contribution in [0.15, 0.2) is 191 Å². The third kappa shape index (κ3) is 18.2. The summed E-state index contributed by atoms with van der Waals surface area (Å²) in [4.78, 5) is 15.2. The van der Waals surface area contributed by atoms with Gasteiger partial charge in [-0.3, -0.25) is 4.79 Å². The molecule has 85 heavy (non-hydrogen) atoms. The van der Waals surface area contributed by atoms with Crippen LogP contribution in [0, 0.1) is 68.0 Å². The highest BCUT2D eigenvalue weighted by Gasteiger charge is 2.44. The summed E-state index contributed by atoms with van der Waals surface area (Å²) < 4.78 is 23.2. The Bertz CT molecular complexity index is 3400. The number of nitrogens with zero attached hydrogens (tertiary/aromatic N) is 8. The van der Waals surface area contributed by atoms with Crippen LogP contribution in [-0.4, -0.2) is 46.7 Å². The third-order valence-electron chi connectivity index (χ3n) is 14.5. The lowest BCUT2D eigenvalue weighted by molar-refractivity contribution is -0.104. The van der Waals surface area contributed by atoms with E-state index in [9.17, 15) is 25.8 Å². The molecule has 2 aliphatic rings. The van der Waals surface area contributed by atoms with Crippen LogP contribution in [0.1, 0.15) is 122 Å². The number of carbonyl (C=O) groups excluding carboxylic acids is 1. The Balaban J connectivity index is 0.000000302. The summed E-state index contributed by atoms with van der Waals surface area (Å²) in [5.41, 5.74) is 5.50. The minimum absolute atomic E-state index is 0.0101. The lowest BCUT2D eigenvalue weighted by Gasteiger charge is -2.27. The van der Waals surface area contributed by atoms with Crippen molar-refractivity contribution in [3.05, 3.63) is 213 Å². The van der Waals surface area contributed by atoms with Crippen molar-refractivity contribution in [3.63, 3.8) is 0 Å². The van der Waals surface area contributed by atoms with Crippen molar-refractivity contribution in [2.24, 2.45) is 0 Å². The summed E-state index contributed by atoms with van der Waals surface area (Å²) in [6.07, 6.45) is 28.5. The smallest absolute Gasteiger partial charge is 0.172 e. The van der Waals surface area contributed by atoms with Gasteiger partial charge in [0.15, 0.2) is 33.9 Å². The van der Waals surface area contributed by atoms with Crippen LogP contribution in [0.5, 0.6) is 11.5 Å². The number of benzene rings is 4. The fraction of sp³-hybridized carbons (Fsp3) is 0.319. The molecule has 4 aromatic carbocycles. The summed E-state index contributed by atoms with van der Waals surface area (Å²) in [6.45, 7) is 18.6. The minimum Gasteiger partial charge on any atom is -0.496 e. The molecule has 0 saturated heterocycles. The van der Waals surface area contributed by atoms with Crippen LogP contribution in [0.4, 0.5) is 11.4 Å². The van der Waals surface area contributed by atoms with Gasteiger partial charge in [-0.2, -0.15) is 31.6 Å². The van der Waals surface area contributed by atoms with Crippen molar-refractivity contribution in [1.29, 1.82) is 31.6 Å². The van der Waals surface area contributed by atoms with E-state index in [-0.39, 0.29) is 33.8 Å². The predicted octanol–water partition coefficient (Wildman–Crippen LogP) is 16.2. The van der Waals surface area contributed by atoms with E-state index in [0.717, 1.165) is 91.9 Å². The Labute approximate surface area is 504 Å². The molecule has 0 radical (unpaired) electrons. The summed E-state index contributed by atoms with van der Waals surface area (Å²) in [7, 11) is 3.39. The van der Waals surface area contributed by atoms with Gasteiger partial charge >= 0.3 is 0 Å². The summed E-state index contributed by atoms with van der Waals surface area (Å²) in [5.74, 6) is 1.76. The zero-order chi connectivity index (χ0) is 62.0. The van der Waals surface area contributed by atoms with Gasteiger partial charge in [0.1, 0.15) is 59.8 Å². The molecule has 0 N–H and O–H groups in total. The Morgan fingerprint density at radius 3 is 1.26 bits per heavy atom. The molecule has 2 unspecified atom stereocenters. The molecule has 0 aromatic heterocycles. The van der Waals surface area contributed by atoms with Crippen molar-refractivity contribution in [2.75, 3.05) is 50.2 Å². The van der Waals surface area contributed by atoms with Gasteiger partial charge in [-0.05, 0) is 93.5 Å². The Kier molecular flexibility index (Phi) is 28.4. The van der Waals surface area contributed by atoms with Gasteiger partial charge in [-0.25, -0.2) is 0 Å². The van der Waals surface area contributed by atoms with Gasteiger partial charge in [-0.15, -0.1) is 0 Å². The van der Waals surface area contributed by atoms with Crippen LogP contribution >= 0.6 is 0 Å². The van der Waals surface area contributed by atoms with E-state index in [1.54, 1.807) is 45.4 Å². The molecule has 0 fully saturated rings. The maximum absolute atomic E-state index is 10.3. The Morgan fingerprint density at radius 2 is 0.882 bits per heavy atom. The van der Waals surface area contributed by atoms with Crippen LogP contribution in [0.2, 0.25) is 0 Å². The number of allylic oxidation sites excluding steroid dienone is 11. The van der Waals surface area contributed by atoms with Crippen LogP contribution in [-0.2, 0) is 25.5 Å². The molecule has 6 rings (SSSR count). The number of unbranched alkanes of at least 4 members (excludes halogenated alkanes) is 4. The van der Waals surface area contributed by atoms with Gasteiger partial charge in [0.2, 0.25) is 0 Å². The van der Waals surface area contributed by atoms with E-state index in [0.29, 0.717) is 11.1 Å². The molecular formula is C72H78N8O5. The van der Waals surface area contributed by atoms with Crippen molar-refractivity contribution in [3.8, 4) is 47.9 Å². The standard InChI is InChI=1S/C36H38N4O2.C20H29NO2.C16H11N3O/c1-5-7-22-40(23-8-6-2)31-21-20-28(34(24-31)41-4)16-12-9-10-15-19-33-32(27-39)35(29(25-37)26-38)42-36(33,3)30-17-13-11-14-18-30;1-4-6-14-21(15-7-5-2)19-13-12-18(20(17-19)23-3)11-9-8-10-16-22;1-11-14(10-19)15(12(8-17)9-18)20-16(11,2)13-6-4-3-5-7-13/h9-21,24H,5-8,22-23H2,1-4H3;8-13,16-17H,4-7,14-15H2,1-3H3;3-7H,1-2H3/b10-9+,16-12+,19-15+;10-8+,11-9+;. The summed E-state index contributed by atoms with van der Waals surface area (Å²) >= 11 is 0. The number of ether oxygens (including phenoxy) is 4. The number of hydrogen-bond acceptors (Lipinski definition) is 13. The average Bonchev–Trinajstić information content (AvgIpc) is 1.90. The fourth-order valence-corrected chi connectivity index (χ4v) is 9.42. The monoisotopic (exact) mass is 1130 g/mol. The van der Waals surface area contributed by atoms with Gasteiger partial charge in [-0.1, -0.05) is 169 Å². The minimum atomic E-state index is -1.03. The molecule has 2 heterocycles. The maximum Gasteiger partial charge on any atom is 0.172 e. The highest BCUT2D eigenvalue weighted by atomic mass is 16.5. The van der Waals surface area contributed by atoms with E-state index in [4.69, 9.17) is 29.5 Å². The summed E-state index contributed by atoms with van der Waals surface area (Å²) in [6, 6.07) is 43.0. The molecule has 2 atom stereocenters. The highest BCUT2D eigenvalue weighted by molar-refractivity contribution is 5.69. The van der Waals surface area contributed by atoms with Gasteiger partial charge in [0, 0.05) is 66.4 Å². The van der Waals surface area contributed by atoms with Gasteiger partial charge in [0.05, 0.1) is 19.8 Å². The van der Waals surface area contributed by atoms with Gasteiger partial charge < -0.3 is 28.7 Å². The fourth-order valence-electron chi connectivity index (χ4n) is 9.42. The second-order valence-corrected chi connectivity index (χ2v) is 20.1. The van der Waals surface area contributed by atoms with Crippen LogP contribution in [0.3, 0.4) is 0 Å². The number of hydrogen-bond donors (Lipinski definition) is 0. The number of anilines is 2. The molecule has 0 aliphatic carbocycles. The first-order valence-electron chi connectivity index (χ1n) is 28.8. The lowest BCUT2D eigenvalue weighted by Crippen LogP contribution is -2.25. The first-order valence-corrected chi connectivity index (χ1v) is 28.8. The number of aldehydes is 1. The number of methoxy groups -OCH3 is 2. The molecule has 13 heteroatoms. The molecule has 4 aromatic rings. The van der Waals surface area contributed by atoms with E-state index >= 15 is 0 Å². The molecule has 13 nitrogen and oxygen atoms in total. The van der Waals surface area contributed by atoms with Crippen LogP contribution in [0.25, 0.3) is 12.2 Å². The molecule has 0 spiro atoms.